The van der Waals surface area contributed by atoms with Crippen LogP contribution in [0.3, 0.4) is 0 Å². The quantitative estimate of drug-likeness (QED) is 0.347. The molecule has 0 aliphatic carbocycles. The summed E-state index contributed by atoms with van der Waals surface area (Å²) in [5.41, 5.74) is -1.49. The van der Waals surface area contributed by atoms with Crippen LogP contribution in [0.4, 0.5) is 18.9 Å². The molecule has 0 spiro atoms. The number of aryl methyl sites for hydroxylation is 1. The van der Waals surface area contributed by atoms with Gasteiger partial charge in [0.1, 0.15) is 16.5 Å². The Labute approximate surface area is 201 Å². The number of nitrogens with zero attached hydrogens (tertiary/aromatic N) is 3. The Morgan fingerprint density at radius 2 is 2.00 bits per heavy atom. The highest BCUT2D eigenvalue weighted by Gasteiger charge is 2.33. The highest BCUT2D eigenvalue weighted by atomic mass is 35.5. The molecule has 0 aliphatic rings. The number of fused-ring (bicyclic) bond motifs is 1. The number of halogens is 4. The second-order valence-electron chi connectivity index (χ2n) is 7.93. The van der Waals surface area contributed by atoms with Crippen LogP contribution in [0.1, 0.15) is 40.1 Å². The highest BCUT2D eigenvalue weighted by Crippen LogP contribution is 2.37. The van der Waals surface area contributed by atoms with Crippen LogP contribution in [0.2, 0.25) is 5.15 Å². The smallest absolute Gasteiger partial charge is 0.416 e. The van der Waals surface area contributed by atoms with E-state index in [4.69, 9.17) is 16.0 Å². The van der Waals surface area contributed by atoms with E-state index in [1.54, 1.807) is 13.2 Å². The maximum absolute atomic E-state index is 13.7. The average Bonchev–Trinajstić information content (AvgIpc) is 3.21. The third-order valence-electron chi connectivity index (χ3n) is 5.44. The van der Waals surface area contributed by atoms with Gasteiger partial charge in [0, 0.05) is 24.4 Å². The Morgan fingerprint density at radius 3 is 2.60 bits per heavy atom. The number of hydrogen-bond donors (Lipinski definition) is 2. The zero-order valence-electron chi connectivity index (χ0n) is 18.6. The summed E-state index contributed by atoms with van der Waals surface area (Å²) in [5, 5.41) is 16.1. The molecule has 0 saturated heterocycles. The number of aromatic nitrogens is 3. The number of benzene rings is 1. The van der Waals surface area contributed by atoms with Crippen molar-refractivity contribution in [2.75, 3.05) is 5.32 Å². The lowest BCUT2D eigenvalue weighted by Gasteiger charge is -2.20. The van der Waals surface area contributed by atoms with E-state index in [-0.39, 0.29) is 38.7 Å². The molecule has 182 valence electrons. The van der Waals surface area contributed by atoms with Crippen molar-refractivity contribution < 1.29 is 27.5 Å². The minimum absolute atomic E-state index is 0.00311. The summed E-state index contributed by atoms with van der Waals surface area (Å²) in [7, 11) is 1.67. The number of hydrogen-bond acceptors (Lipinski definition) is 6. The Morgan fingerprint density at radius 1 is 1.29 bits per heavy atom. The normalized spacial score (nSPS) is 12.7. The minimum Gasteiger partial charge on any atom is -0.476 e. The fourth-order valence-corrected chi connectivity index (χ4v) is 3.89. The SMILES string of the molecule is Cc1c(-c2cnn(C)c2)oc2c(C(C)Nc3ccc(Cl)nc3C(=O)O)cc(C(F)(F)F)cc2c1=O. The van der Waals surface area contributed by atoms with Gasteiger partial charge in [-0.15, -0.1) is 0 Å². The van der Waals surface area contributed by atoms with Gasteiger partial charge >= 0.3 is 12.1 Å². The van der Waals surface area contributed by atoms with Crippen molar-refractivity contribution in [2.45, 2.75) is 26.1 Å². The van der Waals surface area contributed by atoms with Crippen molar-refractivity contribution in [3.8, 4) is 11.3 Å². The van der Waals surface area contributed by atoms with Crippen LogP contribution in [0, 0.1) is 6.92 Å². The van der Waals surface area contributed by atoms with Crippen LogP contribution in [0.5, 0.6) is 0 Å². The molecule has 4 rings (SSSR count). The van der Waals surface area contributed by atoms with Gasteiger partial charge in [-0.3, -0.25) is 9.48 Å². The minimum atomic E-state index is -4.74. The van der Waals surface area contributed by atoms with Crippen molar-refractivity contribution >= 4 is 34.2 Å². The molecule has 0 bridgehead atoms. The van der Waals surface area contributed by atoms with Crippen LogP contribution in [0.15, 0.2) is 45.9 Å². The third kappa shape index (κ3) is 4.59. The van der Waals surface area contributed by atoms with Crippen LogP contribution in [-0.4, -0.2) is 25.8 Å². The first-order valence-electron chi connectivity index (χ1n) is 10.2. The molecule has 12 heteroatoms. The number of aromatic carboxylic acids is 1. The number of rotatable bonds is 5. The summed E-state index contributed by atoms with van der Waals surface area (Å²) in [6.07, 6.45) is -1.65. The number of carbonyl (C=O) groups is 1. The van der Waals surface area contributed by atoms with E-state index in [1.807, 2.05) is 0 Å². The molecule has 0 radical (unpaired) electrons. The molecule has 2 N–H and O–H groups in total. The van der Waals surface area contributed by atoms with E-state index in [1.165, 1.54) is 36.9 Å². The summed E-state index contributed by atoms with van der Waals surface area (Å²) >= 11 is 5.79. The summed E-state index contributed by atoms with van der Waals surface area (Å²) in [5.74, 6) is -1.21. The van der Waals surface area contributed by atoms with Crippen molar-refractivity contribution in [3.63, 3.8) is 0 Å². The van der Waals surface area contributed by atoms with Crippen LogP contribution >= 0.6 is 11.6 Å². The number of anilines is 1. The van der Waals surface area contributed by atoms with Crippen molar-refractivity contribution in [1.29, 1.82) is 0 Å². The molecular weight excluding hydrogens is 489 g/mol. The van der Waals surface area contributed by atoms with Gasteiger partial charge < -0.3 is 14.8 Å². The number of pyridine rings is 1. The summed E-state index contributed by atoms with van der Waals surface area (Å²) in [4.78, 5) is 28.5. The number of carboxylic acids is 1. The molecular formula is C23H18ClF3N4O4. The Balaban J connectivity index is 1.95. The molecule has 0 fully saturated rings. The standard InChI is InChI=1S/C23H18ClF3N4O4/c1-10-19(32)15-7-13(23(25,26)27)6-14(21(15)35-20(10)12-8-28-31(3)9-12)11(2)29-16-4-5-17(24)30-18(16)22(33)34/h4-9,11,29H,1-3H3,(H,33,34). The van der Waals surface area contributed by atoms with Gasteiger partial charge in [-0.1, -0.05) is 11.6 Å². The molecule has 35 heavy (non-hydrogen) atoms. The fraction of sp³-hybridized carbons (Fsp3) is 0.217. The van der Waals surface area contributed by atoms with E-state index in [0.717, 1.165) is 12.1 Å². The molecule has 4 aromatic rings. The highest BCUT2D eigenvalue weighted by molar-refractivity contribution is 6.29. The predicted molar refractivity (Wildman–Crippen MR) is 123 cm³/mol. The molecule has 1 aromatic carbocycles. The monoisotopic (exact) mass is 506 g/mol. The van der Waals surface area contributed by atoms with E-state index < -0.39 is 34.9 Å². The molecule has 0 saturated carbocycles. The zero-order valence-corrected chi connectivity index (χ0v) is 19.3. The van der Waals surface area contributed by atoms with E-state index in [2.05, 4.69) is 15.4 Å². The van der Waals surface area contributed by atoms with Gasteiger partial charge in [0.15, 0.2) is 11.1 Å². The van der Waals surface area contributed by atoms with E-state index in [0.29, 0.717) is 5.56 Å². The number of nitrogens with one attached hydrogen (secondary N) is 1. The van der Waals surface area contributed by atoms with Gasteiger partial charge in [-0.25, -0.2) is 9.78 Å². The largest absolute Gasteiger partial charge is 0.476 e. The van der Waals surface area contributed by atoms with Crippen LogP contribution in [-0.2, 0) is 13.2 Å². The van der Waals surface area contributed by atoms with Gasteiger partial charge in [0.2, 0.25) is 0 Å². The summed E-state index contributed by atoms with van der Waals surface area (Å²) in [6.45, 7) is 2.98. The first-order valence-corrected chi connectivity index (χ1v) is 10.6. The summed E-state index contributed by atoms with van der Waals surface area (Å²) < 4.78 is 48.7. The maximum Gasteiger partial charge on any atom is 0.416 e. The lowest BCUT2D eigenvalue weighted by molar-refractivity contribution is -0.137. The topological polar surface area (TPSA) is 110 Å². The second kappa shape index (κ2) is 8.73. The Bertz CT molecular complexity index is 1530. The molecule has 1 unspecified atom stereocenters. The molecule has 8 nitrogen and oxygen atoms in total. The van der Waals surface area contributed by atoms with Crippen LogP contribution < -0.4 is 10.7 Å². The zero-order chi connectivity index (χ0) is 25.7. The summed E-state index contributed by atoms with van der Waals surface area (Å²) in [6, 6.07) is 3.40. The molecule has 0 amide bonds. The number of carboxylic acid groups (broad SMARTS) is 1. The second-order valence-corrected chi connectivity index (χ2v) is 8.32. The molecule has 0 aliphatic heterocycles. The van der Waals surface area contributed by atoms with Crippen molar-refractivity contribution in [1.82, 2.24) is 14.8 Å². The van der Waals surface area contributed by atoms with Crippen molar-refractivity contribution in [3.05, 3.63) is 74.4 Å². The third-order valence-corrected chi connectivity index (χ3v) is 5.65. The van der Waals surface area contributed by atoms with Gasteiger partial charge in [0.25, 0.3) is 0 Å². The van der Waals surface area contributed by atoms with E-state index in [9.17, 15) is 27.9 Å². The van der Waals surface area contributed by atoms with Crippen molar-refractivity contribution in [2.24, 2.45) is 7.05 Å². The van der Waals surface area contributed by atoms with Crippen LogP contribution in [0.25, 0.3) is 22.3 Å². The Hall–Kier alpha value is -3.86. The van der Waals surface area contributed by atoms with E-state index >= 15 is 0 Å². The van der Waals surface area contributed by atoms with Gasteiger partial charge in [-0.05, 0) is 38.1 Å². The molecule has 1 atom stereocenters. The lowest BCUT2D eigenvalue weighted by Crippen LogP contribution is -2.16. The lowest BCUT2D eigenvalue weighted by atomic mass is 9.98. The first kappa shape index (κ1) is 24.3. The number of alkyl halides is 3. The average molecular weight is 507 g/mol. The van der Waals surface area contributed by atoms with Gasteiger partial charge in [-0.2, -0.15) is 18.3 Å². The fourth-order valence-electron chi connectivity index (χ4n) is 3.74. The maximum atomic E-state index is 13.7. The molecule has 3 aromatic heterocycles. The predicted octanol–water partition coefficient (Wildman–Crippen LogP) is 5.44. The Kier molecular flexibility index (Phi) is 6.05. The molecule has 3 heterocycles. The van der Waals surface area contributed by atoms with Gasteiger partial charge in [0.05, 0.1) is 34.4 Å². The first-order chi connectivity index (χ1) is 16.4.